The van der Waals surface area contributed by atoms with Gasteiger partial charge in [-0.3, -0.25) is 9.59 Å². The molecular weight excluding hydrogens is 446 g/mol. The molecule has 2 aromatic carbocycles. The lowest BCUT2D eigenvalue weighted by molar-refractivity contribution is -0.116. The normalized spacial score (nSPS) is 11.1. The van der Waals surface area contributed by atoms with E-state index in [1.807, 2.05) is 6.07 Å². The summed E-state index contributed by atoms with van der Waals surface area (Å²) < 4.78 is 6.77. The number of halogens is 1. The van der Waals surface area contributed by atoms with E-state index in [9.17, 15) is 9.59 Å². The van der Waals surface area contributed by atoms with Crippen molar-refractivity contribution in [3.05, 3.63) is 82.3 Å². The van der Waals surface area contributed by atoms with Crippen LogP contribution in [-0.2, 0) is 11.2 Å². The zero-order chi connectivity index (χ0) is 22.8. The van der Waals surface area contributed by atoms with Crippen molar-refractivity contribution >= 4 is 34.2 Å². The highest BCUT2D eigenvalue weighted by Gasteiger charge is 2.15. The molecule has 0 aliphatic heterocycles. The molecule has 0 aliphatic rings. The topological polar surface area (TPSA) is 132 Å². The van der Waals surface area contributed by atoms with E-state index in [2.05, 4.69) is 30.5 Å². The zero-order valence-electron chi connectivity index (χ0n) is 17.0. The first kappa shape index (κ1) is 20.6. The molecule has 0 spiro atoms. The third-order valence-electron chi connectivity index (χ3n) is 4.91. The molecule has 0 saturated heterocycles. The molecule has 11 heteroatoms. The van der Waals surface area contributed by atoms with Gasteiger partial charge in [-0.05, 0) is 36.4 Å². The van der Waals surface area contributed by atoms with E-state index in [4.69, 9.17) is 16.1 Å². The highest BCUT2D eigenvalue weighted by molar-refractivity contribution is 6.30. The van der Waals surface area contributed by atoms with E-state index < -0.39 is 0 Å². The van der Waals surface area contributed by atoms with Crippen molar-refractivity contribution < 1.29 is 9.32 Å². The summed E-state index contributed by atoms with van der Waals surface area (Å²) in [5.41, 5.74) is 1.99. The van der Waals surface area contributed by atoms with Crippen LogP contribution in [0, 0.1) is 0 Å². The Balaban J connectivity index is 1.30. The van der Waals surface area contributed by atoms with E-state index in [1.165, 1.54) is 17.2 Å². The number of hydrogen-bond acceptors (Lipinski definition) is 7. The minimum atomic E-state index is -0.287. The Hall–Kier alpha value is -4.31. The maximum atomic E-state index is 12.6. The first-order valence-electron chi connectivity index (χ1n) is 9.98. The fraction of sp³-hybridized carbons (Fsp3) is 0.0909. The van der Waals surface area contributed by atoms with Crippen LogP contribution in [0.3, 0.4) is 0 Å². The highest BCUT2D eigenvalue weighted by atomic mass is 35.5. The minimum Gasteiger partial charge on any atom is -0.339 e. The number of carbonyl (C=O) groups excluding carboxylic acids is 1. The van der Waals surface area contributed by atoms with Crippen molar-refractivity contribution in [2.75, 3.05) is 5.32 Å². The summed E-state index contributed by atoms with van der Waals surface area (Å²) in [6, 6.07) is 14.2. The number of aromatic amines is 1. The summed E-state index contributed by atoms with van der Waals surface area (Å²) in [5.74, 6) is 0.543. The molecular formula is C22H16ClN7O3. The lowest BCUT2D eigenvalue weighted by Gasteiger charge is -2.11. The van der Waals surface area contributed by atoms with Gasteiger partial charge in [-0.1, -0.05) is 28.9 Å². The lowest BCUT2D eigenvalue weighted by atomic mass is 10.2. The van der Waals surface area contributed by atoms with Crippen molar-refractivity contribution in [2.24, 2.45) is 0 Å². The number of anilines is 1. The molecule has 1 amide bonds. The second-order valence-corrected chi connectivity index (χ2v) is 7.55. The van der Waals surface area contributed by atoms with Crippen molar-refractivity contribution in [3.63, 3.8) is 0 Å². The molecule has 0 unspecified atom stereocenters. The summed E-state index contributed by atoms with van der Waals surface area (Å²) in [7, 11) is 0. The van der Waals surface area contributed by atoms with Crippen LogP contribution in [0.5, 0.6) is 0 Å². The van der Waals surface area contributed by atoms with Gasteiger partial charge in [-0.15, -0.1) is 0 Å². The van der Waals surface area contributed by atoms with Gasteiger partial charge in [0, 0.05) is 23.4 Å². The Kier molecular flexibility index (Phi) is 5.41. The Morgan fingerprint density at radius 3 is 2.82 bits per heavy atom. The van der Waals surface area contributed by atoms with E-state index in [1.54, 1.807) is 42.5 Å². The molecule has 10 nitrogen and oxygen atoms in total. The van der Waals surface area contributed by atoms with Crippen LogP contribution in [0.15, 0.2) is 70.4 Å². The standard InChI is InChI=1S/C22H16ClN7O3/c23-14-7-5-13(6-8-14)20-28-19(33-29-20)10-9-18(31)27-16-3-1-2-4-17(16)30-21-15(11-26-30)22(32)25-12-24-21/h1-8,11-12H,9-10H2,(H,27,31)(H,24,25,32). The van der Waals surface area contributed by atoms with Gasteiger partial charge in [0.1, 0.15) is 5.39 Å². The van der Waals surface area contributed by atoms with Crippen LogP contribution < -0.4 is 10.9 Å². The number of nitrogens with one attached hydrogen (secondary N) is 2. The molecule has 0 aliphatic carbocycles. The zero-order valence-corrected chi connectivity index (χ0v) is 17.8. The minimum absolute atomic E-state index is 0.133. The number of aromatic nitrogens is 6. The molecule has 0 radical (unpaired) electrons. The first-order chi connectivity index (χ1) is 16.1. The number of nitrogens with zero attached hydrogens (tertiary/aromatic N) is 5. The van der Waals surface area contributed by atoms with E-state index >= 15 is 0 Å². The Labute approximate surface area is 191 Å². The molecule has 3 heterocycles. The number of rotatable bonds is 6. The van der Waals surface area contributed by atoms with Crippen LogP contribution in [0.2, 0.25) is 5.02 Å². The maximum absolute atomic E-state index is 12.6. The van der Waals surface area contributed by atoms with Crippen molar-refractivity contribution in [3.8, 4) is 17.1 Å². The second-order valence-electron chi connectivity index (χ2n) is 7.11. The summed E-state index contributed by atoms with van der Waals surface area (Å²) >= 11 is 5.90. The SMILES string of the molecule is O=C(CCc1nc(-c2ccc(Cl)cc2)no1)Nc1ccccc1-n1ncc2c(=O)[nH]cnc21. The molecule has 0 atom stereocenters. The molecule has 3 aromatic heterocycles. The largest absolute Gasteiger partial charge is 0.339 e. The summed E-state index contributed by atoms with van der Waals surface area (Å²) in [6.45, 7) is 0. The number of fused-ring (bicyclic) bond motifs is 1. The fourth-order valence-corrected chi connectivity index (χ4v) is 3.43. The second kappa shape index (κ2) is 8.67. The molecule has 0 bridgehead atoms. The van der Waals surface area contributed by atoms with Crippen LogP contribution in [0.4, 0.5) is 5.69 Å². The van der Waals surface area contributed by atoms with Gasteiger partial charge in [0.2, 0.25) is 17.6 Å². The number of benzene rings is 2. The summed E-state index contributed by atoms with van der Waals surface area (Å²) in [5, 5.41) is 12.1. The first-order valence-corrected chi connectivity index (χ1v) is 10.4. The quantitative estimate of drug-likeness (QED) is 0.396. The number of carbonyl (C=O) groups is 1. The van der Waals surface area contributed by atoms with Crippen LogP contribution >= 0.6 is 11.6 Å². The van der Waals surface area contributed by atoms with E-state index in [0.717, 1.165) is 5.56 Å². The monoisotopic (exact) mass is 461 g/mol. The Morgan fingerprint density at radius 1 is 1.15 bits per heavy atom. The van der Waals surface area contributed by atoms with Gasteiger partial charge in [0.05, 0.1) is 23.9 Å². The molecule has 5 aromatic rings. The van der Waals surface area contributed by atoms with Gasteiger partial charge in [0.25, 0.3) is 5.56 Å². The molecule has 33 heavy (non-hydrogen) atoms. The molecule has 164 valence electrons. The predicted molar refractivity (Wildman–Crippen MR) is 121 cm³/mol. The van der Waals surface area contributed by atoms with Gasteiger partial charge >= 0.3 is 0 Å². The molecule has 5 rings (SSSR count). The number of aryl methyl sites for hydroxylation is 1. The van der Waals surface area contributed by atoms with Crippen LogP contribution in [0.1, 0.15) is 12.3 Å². The average molecular weight is 462 g/mol. The van der Waals surface area contributed by atoms with Crippen LogP contribution in [-0.4, -0.2) is 35.8 Å². The molecule has 0 saturated carbocycles. The third kappa shape index (κ3) is 4.23. The van der Waals surface area contributed by atoms with Crippen LogP contribution in [0.25, 0.3) is 28.1 Å². The Morgan fingerprint density at radius 2 is 1.97 bits per heavy atom. The van der Waals surface area contributed by atoms with Crippen molar-refractivity contribution in [1.29, 1.82) is 0 Å². The molecule has 2 N–H and O–H groups in total. The highest BCUT2D eigenvalue weighted by Crippen LogP contribution is 2.23. The van der Waals surface area contributed by atoms with Gasteiger partial charge in [-0.2, -0.15) is 10.1 Å². The maximum Gasteiger partial charge on any atom is 0.261 e. The number of amides is 1. The average Bonchev–Trinajstić information content (AvgIpc) is 3.47. The number of H-pyrrole nitrogens is 1. The fourth-order valence-electron chi connectivity index (χ4n) is 3.30. The van der Waals surface area contributed by atoms with Crippen molar-refractivity contribution in [2.45, 2.75) is 12.8 Å². The Bertz CT molecular complexity index is 1500. The number of hydrogen-bond donors (Lipinski definition) is 2. The van der Waals surface area contributed by atoms with Gasteiger partial charge in [0.15, 0.2) is 5.65 Å². The van der Waals surface area contributed by atoms with Gasteiger partial charge in [-0.25, -0.2) is 9.67 Å². The summed E-state index contributed by atoms with van der Waals surface area (Å²) in [4.78, 5) is 35.6. The van der Waals surface area contributed by atoms with E-state index in [0.29, 0.717) is 39.1 Å². The lowest BCUT2D eigenvalue weighted by Crippen LogP contribution is -2.15. The smallest absolute Gasteiger partial charge is 0.261 e. The predicted octanol–water partition coefficient (Wildman–Crippen LogP) is 3.38. The van der Waals surface area contributed by atoms with Crippen molar-refractivity contribution in [1.82, 2.24) is 29.9 Å². The number of para-hydroxylation sites is 2. The van der Waals surface area contributed by atoms with Gasteiger partial charge < -0.3 is 14.8 Å². The molecule has 0 fully saturated rings. The summed E-state index contributed by atoms with van der Waals surface area (Å²) in [6.07, 6.45) is 3.16. The van der Waals surface area contributed by atoms with E-state index in [-0.39, 0.29) is 24.3 Å². The third-order valence-corrected chi connectivity index (χ3v) is 5.17.